The van der Waals surface area contributed by atoms with Crippen molar-refractivity contribution in [2.24, 2.45) is 0 Å². The number of nitrogens with one attached hydrogen (secondary N) is 3. The number of hydrogen-bond acceptors (Lipinski definition) is 6. The van der Waals surface area contributed by atoms with Gasteiger partial charge in [-0.3, -0.25) is 19.1 Å². The van der Waals surface area contributed by atoms with Crippen molar-refractivity contribution in [3.8, 4) is 0 Å². The summed E-state index contributed by atoms with van der Waals surface area (Å²) >= 11 is 6.12. The first-order valence-corrected chi connectivity index (χ1v) is 10.0. The molecule has 158 valence electrons. The van der Waals surface area contributed by atoms with Crippen molar-refractivity contribution in [2.75, 3.05) is 11.9 Å². The Morgan fingerprint density at radius 3 is 2.90 bits per heavy atom. The van der Waals surface area contributed by atoms with Gasteiger partial charge in [0.05, 0.1) is 6.20 Å². The Balaban J connectivity index is 1.37. The predicted octanol–water partition coefficient (Wildman–Crippen LogP) is 2.14. The number of halogens is 1. The van der Waals surface area contributed by atoms with Gasteiger partial charge in [-0.1, -0.05) is 17.7 Å². The average molecular weight is 438 g/mol. The smallest absolute Gasteiger partial charge is 0.294 e. The van der Waals surface area contributed by atoms with Crippen LogP contribution >= 0.6 is 11.6 Å². The van der Waals surface area contributed by atoms with E-state index < -0.39 is 5.56 Å². The molecule has 0 bridgehead atoms. The summed E-state index contributed by atoms with van der Waals surface area (Å²) in [6, 6.07) is 7.66. The second-order valence-electron chi connectivity index (χ2n) is 6.89. The van der Waals surface area contributed by atoms with E-state index in [1.165, 1.54) is 10.8 Å². The third-order valence-electron chi connectivity index (χ3n) is 4.68. The number of aromatic amines is 1. The minimum absolute atomic E-state index is 0.0911. The lowest BCUT2D eigenvalue weighted by molar-refractivity contribution is -0.121. The Morgan fingerprint density at radius 1 is 1.16 bits per heavy atom. The van der Waals surface area contributed by atoms with E-state index in [2.05, 4.69) is 30.6 Å². The Hall–Kier alpha value is -3.72. The van der Waals surface area contributed by atoms with Crippen LogP contribution in [0.15, 0.2) is 60.0 Å². The van der Waals surface area contributed by atoms with Crippen LogP contribution in [-0.2, 0) is 24.3 Å². The fourth-order valence-electron chi connectivity index (χ4n) is 3.09. The molecular formula is C21H20ClN7O2. The van der Waals surface area contributed by atoms with Gasteiger partial charge < -0.3 is 15.6 Å². The van der Waals surface area contributed by atoms with Crippen LogP contribution in [0, 0.1) is 0 Å². The zero-order valence-electron chi connectivity index (χ0n) is 16.5. The van der Waals surface area contributed by atoms with Crippen molar-refractivity contribution in [1.82, 2.24) is 29.8 Å². The van der Waals surface area contributed by atoms with Gasteiger partial charge in [-0.25, -0.2) is 9.97 Å². The molecule has 31 heavy (non-hydrogen) atoms. The molecule has 3 N–H and O–H groups in total. The maximum atomic E-state index is 12.7. The van der Waals surface area contributed by atoms with Crippen molar-refractivity contribution in [3.05, 3.63) is 81.9 Å². The fraction of sp³-hybridized carbons (Fsp3) is 0.190. The van der Waals surface area contributed by atoms with Gasteiger partial charge in [0.15, 0.2) is 5.82 Å². The van der Waals surface area contributed by atoms with Gasteiger partial charge in [0, 0.05) is 43.3 Å². The van der Waals surface area contributed by atoms with Crippen molar-refractivity contribution < 1.29 is 4.79 Å². The summed E-state index contributed by atoms with van der Waals surface area (Å²) in [6.45, 7) is 0.578. The minimum atomic E-state index is -0.454. The lowest BCUT2D eigenvalue weighted by Crippen LogP contribution is -2.34. The van der Waals surface area contributed by atoms with Crippen molar-refractivity contribution >= 4 is 34.4 Å². The number of nitrogens with zero attached hydrogens (tertiary/aromatic N) is 4. The molecule has 4 aromatic rings. The van der Waals surface area contributed by atoms with Crippen LogP contribution in [0.25, 0.3) is 11.0 Å². The van der Waals surface area contributed by atoms with Crippen LogP contribution in [-0.4, -0.2) is 37.0 Å². The average Bonchev–Trinajstić information content (AvgIpc) is 3.25. The molecular weight excluding hydrogens is 418 g/mol. The Kier molecular flexibility index (Phi) is 6.23. The van der Waals surface area contributed by atoms with E-state index in [0.29, 0.717) is 19.5 Å². The Labute approximate surface area is 182 Å². The third-order valence-corrected chi connectivity index (χ3v) is 4.98. The molecule has 4 heterocycles. The molecule has 1 amide bonds. The van der Waals surface area contributed by atoms with Crippen LogP contribution in [0.3, 0.4) is 0 Å². The van der Waals surface area contributed by atoms with Gasteiger partial charge in [-0.2, -0.15) is 0 Å². The number of carbonyl (C=O) groups excluding carboxylic acids is 1. The molecule has 10 heteroatoms. The molecule has 0 radical (unpaired) electrons. The lowest BCUT2D eigenvalue weighted by Gasteiger charge is -2.11. The first kappa shape index (κ1) is 20.5. The highest BCUT2D eigenvalue weighted by atomic mass is 35.5. The summed E-state index contributed by atoms with van der Waals surface area (Å²) in [4.78, 5) is 40.5. The summed E-state index contributed by atoms with van der Waals surface area (Å²) in [7, 11) is 0. The molecule has 0 atom stereocenters. The van der Waals surface area contributed by atoms with E-state index in [1.54, 1.807) is 24.8 Å². The maximum absolute atomic E-state index is 12.7. The summed E-state index contributed by atoms with van der Waals surface area (Å²) in [5.41, 5.74) is 2.22. The van der Waals surface area contributed by atoms with E-state index >= 15 is 0 Å². The highest BCUT2D eigenvalue weighted by Crippen LogP contribution is 2.11. The number of rotatable bonds is 8. The number of H-pyrrole nitrogens is 1. The fourth-order valence-corrected chi connectivity index (χ4v) is 3.27. The van der Waals surface area contributed by atoms with Gasteiger partial charge in [0.2, 0.25) is 5.91 Å². The van der Waals surface area contributed by atoms with E-state index in [9.17, 15) is 9.59 Å². The van der Waals surface area contributed by atoms with Crippen LogP contribution in [0.2, 0.25) is 5.15 Å². The third kappa shape index (κ3) is 5.07. The van der Waals surface area contributed by atoms with Crippen LogP contribution < -0.4 is 16.2 Å². The number of aromatic nitrogens is 5. The normalized spacial score (nSPS) is 10.9. The molecule has 0 unspecified atom stereocenters. The molecule has 0 aliphatic rings. The van der Waals surface area contributed by atoms with Gasteiger partial charge in [-0.15, -0.1) is 0 Å². The summed E-state index contributed by atoms with van der Waals surface area (Å²) < 4.78 is 1.18. The number of carbonyl (C=O) groups is 1. The van der Waals surface area contributed by atoms with Crippen LogP contribution in [0.4, 0.5) is 5.82 Å². The van der Waals surface area contributed by atoms with Gasteiger partial charge >= 0.3 is 0 Å². The summed E-state index contributed by atoms with van der Waals surface area (Å²) in [6.07, 6.45) is 9.00. The molecule has 0 saturated heterocycles. The predicted molar refractivity (Wildman–Crippen MR) is 118 cm³/mol. The number of pyridine rings is 2. The highest BCUT2D eigenvalue weighted by molar-refractivity contribution is 6.29. The molecule has 0 spiro atoms. The second kappa shape index (κ2) is 9.40. The second-order valence-corrected chi connectivity index (χ2v) is 7.28. The number of hydrogen-bond donors (Lipinski definition) is 3. The first-order chi connectivity index (χ1) is 15.1. The zero-order valence-corrected chi connectivity index (χ0v) is 17.3. The van der Waals surface area contributed by atoms with E-state index in [1.807, 2.05) is 24.3 Å². The highest BCUT2D eigenvalue weighted by Gasteiger charge is 2.12. The first-order valence-electron chi connectivity index (χ1n) is 9.67. The maximum Gasteiger partial charge on any atom is 0.294 e. The van der Waals surface area contributed by atoms with E-state index in [-0.39, 0.29) is 23.4 Å². The number of fused-ring (bicyclic) bond motifs is 1. The standard InChI is InChI=1S/C21H20ClN7O2/c22-17-12-28-20(25-6-3-14-2-1-5-23-9-14)21(31)29(17)13-18(30)26-10-15-8-16-4-7-24-19(16)27-11-15/h1-2,4-5,7-9,11-12H,3,6,10,13H2,(H,24,27)(H,25,28)(H,26,30). The van der Waals surface area contributed by atoms with E-state index in [4.69, 9.17) is 11.6 Å². The molecule has 9 nitrogen and oxygen atoms in total. The van der Waals surface area contributed by atoms with Crippen molar-refractivity contribution in [1.29, 1.82) is 0 Å². The molecule has 0 aliphatic heterocycles. The van der Waals surface area contributed by atoms with Gasteiger partial charge in [0.25, 0.3) is 5.56 Å². The Bertz CT molecular complexity index is 1250. The quantitative estimate of drug-likeness (QED) is 0.388. The van der Waals surface area contributed by atoms with Crippen molar-refractivity contribution in [2.45, 2.75) is 19.5 Å². The minimum Gasteiger partial charge on any atom is -0.365 e. The molecule has 0 saturated carbocycles. The molecule has 4 aromatic heterocycles. The Morgan fingerprint density at radius 2 is 2.06 bits per heavy atom. The monoisotopic (exact) mass is 437 g/mol. The molecule has 0 aromatic carbocycles. The lowest BCUT2D eigenvalue weighted by atomic mass is 10.2. The molecule has 4 rings (SSSR count). The van der Waals surface area contributed by atoms with Crippen LogP contribution in [0.1, 0.15) is 11.1 Å². The SMILES string of the molecule is O=C(Cn1c(Cl)cnc(NCCc2cccnc2)c1=O)NCc1cnc2[nH]ccc2c1. The van der Waals surface area contributed by atoms with Crippen LogP contribution in [0.5, 0.6) is 0 Å². The van der Waals surface area contributed by atoms with Gasteiger partial charge in [0.1, 0.15) is 17.3 Å². The topological polar surface area (TPSA) is 118 Å². The largest absolute Gasteiger partial charge is 0.365 e. The number of anilines is 1. The summed E-state index contributed by atoms with van der Waals surface area (Å²) in [5, 5.41) is 6.84. The van der Waals surface area contributed by atoms with Gasteiger partial charge in [-0.05, 0) is 35.7 Å². The number of amides is 1. The molecule has 0 fully saturated rings. The molecule has 0 aliphatic carbocycles. The van der Waals surface area contributed by atoms with Crippen molar-refractivity contribution in [3.63, 3.8) is 0 Å². The van der Waals surface area contributed by atoms with E-state index in [0.717, 1.165) is 22.2 Å². The summed E-state index contributed by atoms with van der Waals surface area (Å²) in [5.74, 6) is -0.200. The zero-order chi connectivity index (χ0) is 21.6.